The Morgan fingerprint density at radius 1 is 0.962 bits per heavy atom. The molecule has 134 valence electrons. The second kappa shape index (κ2) is 7.40. The molecule has 5 heteroatoms. The first-order valence-corrected chi connectivity index (χ1v) is 9.26. The number of para-hydroxylation sites is 1. The van der Waals surface area contributed by atoms with Gasteiger partial charge in [-0.3, -0.25) is 9.69 Å². The van der Waals surface area contributed by atoms with Gasteiger partial charge in [0.15, 0.2) is 0 Å². The highest BCUT2D eigenvalue weighted by Gasteiger charge is 2.17. The first-order valence-electron chi connectivity index (χ1n) is 9.26. The third-order valence-electron chi connectivity index (χ3n) is 5.19. The summed E-state index contributed by atoms with van der Waals surface area (Å²) in [6.45, 7) is 8.59. The van der Waals surface area contributed by atoms with Crippen LogP contribution in [0, 0.1) is 0 Å². The molecular weight excluding hydrogens is 324 g/mol. The van der Waals surface area contributed by atoms with Crippen LogP contribution >= 0.6 is 0 Å². The number of hydrogen-bond acceptors (Lipinski definition) is 4. The van der Waals surface area contributed by atoms with Crippen molar-refractivity contribution in [2.75, 3.05) is 32.7 Å². The van der Waals surface area contributed by atoms with Crippen LogP contribution in [0.1, 0.15) is 12.5 Å². The molecule has 2 heterocycles. The second-order valence-corrected chi connectivity index (χ2v) is 6.80. The van der Waals surface area contributed by atoms with Gasteiger partial charge in [-0.15, -0.1) is 0 Å². The molecule has 0 aliphatic carbocycles. The van der Waals surface area contributed by atoms with E-state index >= 15 is 0 Å². The smallest absolute Gasteiger partial charge is 0.259 e. The molecule has 0 saturated carbocycles. The van der Waals surface area contributed by atoms with Crippen molar-refractivity contribution in [2.45, 2.75) is 13.5 Å². The lowest BCUT2D eigenvalue weighted by Crippen LogP contribution is -2.45. The monoisotopic (exact) mass is 348 g/mol. The van der Waals surface area contributed by atoms with Crippen LogP contribution in [0.2, 0.25) is 0 Å². The summed E-state index contributed by atoms with van der Waals surface area (Å²) in [5.74, 6) is 0.650. The molecule has 0 atom stereocenters. The summed E-state index contributed by atoms with van der Waals surface area (Å²) in [4.78, 5) is 25.1. The highest BCUT2D eigenvalue weighted by molar-refractivity contribution is 5.79. The molecule has 2 aromatic carbocycles. The number of aromatic amines is 1. The minimum atomic E-state index is -0.0861. The molecule has 1 N–H and O–H groups in total. The zero-order valence-corrected chi connectivity index (χ0v) is 15.1. The molecule has 1 aromatic heterocycles. The maximum atomic E-state index is 12.4. The Morgan fingerprint density at radius 2 is 1.65 bits per heavy atom. The highest BCUT2D eigenvalue weighted by Crippen LogP contribution is 2.22. The quantitative estimate of drug-likeness (QED) is 0.788. The van der Waals surface area contributed by atoms with Crippen LogP contribution in [-0.4, -0.2) is 52.5 Å². The van der Waals surface area contributed by atoms with Gasteiger partial charge in [0.2, 0.25) is 0 Å². The normalized spacial score (nSPS) is 16.2. The maximum Gasteiger partial charge on any atom is 0.259 e. The Balaban J connectivity index is 1.65. The molecule has 26 heavy (non-hydrogen) atoms. The number of nitrogens with zero attached hydrogens (tertiary/aromatic N) is 3. The van der Waals surface area contributed by atoms with Gasteiger partial charge in [0.25, 0.3) is 5.56 Å². The Labute approximate surface area is 153 Å². The van der Waals surface area contributed by atoms with Gasteiger partial charge in [-0.1, -0.05) is 43.3 Å². The summed E-state index contributed by atoms with van der Waals surface area (Å²) in [5.41, 5.74) is 2.86. The van der Waals surface area contributed by atoms with Crippen molar-refractivity contribution in [1.29, 1.82) is 0 Å². The van der Waals surface area contributed by atoms with Gasteiger partial charge in [0.1, 0.15) is 5.82 Å². The lowest BCUT2D eigenvalue weighted by Gasteiger charge is -2.34. The largest absolute Gasteiger partial charge is 0.306 e. The molecule has 0 unspecified atom stereocenters. The Kier molecular flexibility index (Phi) is 4.82. The molecule has 0 radical (unpaired) electrons. The number of H-pyrrole nitrogens is 1. The number of benzene rings is 2. The number of rotatable bonds is 4. The van der Waals surface area contributed by atoms with E-state index in [0.717, 1.165) is 50.3 Å². The fraction of sp³-hybridized carbons (Fsp3) is 0.333. The Hall–Kier alpha value is -2.50. The summed E-state index contributed by atoms with van der Waals surface area (Å²) in [6.07, 6.45) is 0. The van der Waals surface area contributed by atoms with E-state index in [1.165, 1.54) is 5.56 Å². The lowest BCUT2D eigenvalue weighted by molar-refractivity contribution is 0.132. The van der Waals surface area contributed by atoms with E-state index in [-0.39, 0.29) is 5.56 Å². The predicted molar refractivity (Wildman–Crippen MR) is 105 cm³/mol. The molecule has 1 aliphatic heterocycles. The van der Waals surface area contributed by atoms with Crippen molar-refractivity contribution in [3.8, 4) is 11.4 Å². The first kappa shape index (κ1) is 16.9. The van der Waals surface area contributed by atoms with Crippen LogP contribution in [0.25, 0.3) is 22.3 Å². The molecule has 3 aromatic rings. The number of nitrogens with one attached hydrogen (secondary N) is 1. The van der Waals surface area contributed by atoms with Crippen molar-refractivity contribution in [3.63, 3.8) is 0 Å². The molecule has 4 rings (SSSR count). The number of likely N-dealkylation sites (N-methyl/N-ethyl adjacent to an activating group) is 1. The van der Waals surface area contributed by atoms with E-state index < -0.39 is 0 Å². The van der Waals surface area contributed by atoms with E-state index in [0.29, 0.717) is 11.2 Å². The summed E-state index contributed by atoms with van der Waals surface area (Å²) >= 11 is 0. The summed E-state index contributed by atoms with van der Waals surface area (Å²) in [5, 5.41) is 0.629. The van der Waals surface area contributed by atoms with E-state index in [9.17, 15) is 4.79 Å². The van der Waals surface area contributed by atoms with Crippen LogP contribution in [0.15, 0.2) is 53.3 Å². The third-order valence-corrected chi connectivity index (χ3v) is 5.19. The van der Waals surface area contributed by atoms with E-state index in [4.69, 9.17) is 4.98 Å². The van der Waals surface area contributed by atoms with Crippen molar-refractivity contribution < 1.29 is 0 Å². The molecule has 1 aliphatic rings. The van der Waals surface area contributed by atoms with Crippen molar-refractivity contribution >= 4 is 10.9 Å². The van der Waals surface area contributed by atoms with Crippen LogP contribution < -0.4 is 5.56 Å². The van der Waals surface area contributed by atoms with Crippen LogP contribution in [-0.2, 0) is 6.54 Å². The number of fused-ring (bicyclic) bond motifs is 1. The van der Waals surface area contributed by atoms with Gasteiger partial charge in [0.05, 0.1) is 10.9 Å². The summed E-state index contributed by atoms with van der Waals surface area (Å²) in [6, 6.07) is 15.7. The molecule has 0 spiro atoms. The van der Waals surface area contributed by atoms with Gasteiger partial charge in [-0.2, -0.15) is 0 Å². The number of piperazine rings is 1. The van der Waals surface area contributed by atoms with Crippen LogP contribution in [0.5, 0.6) is 0 Å². The number of hydrogen-bond donors (Lipinski definition) is 1. The molecule has 1 fully saturated rings. The van der Waals surface area contributed by atoms with E-state index in [1.807, 2.05) is 36.4 Å². The summed E-state index contributed by atoms with van der Waals surface area (Å²) in [7, 11) is 0. The Bertz CT molecular complexity index is 957. The Morgan fingerprint density at radius 3 is 2.46 bits per heavy atom. The molecule has 5 nitrogen and oxygen atoms in total. The average molecular weight is 348 g/mol. The third kappa shape index (κ3) is 3.41. The lowest BCUT2D eigenvalue weighted by atomic mass is 10.1. The van der Waals surface area contributed by atoms with Gasteiger partial charge in [-0.25, -0.2) is 4.98 Å². The highest BCUT2D eigenvalue weighted by atomic mass is 16.1. The topological polar surface area (TPSA) is 52.2 Å². The van der Waals surface area contributed by atoms with Crippen molar-refractivity contribution in [1.82, 2.24) is 19.8 Å². The minimum absolute atomic E-state index is 0.0861. The molecule has 1 saturated heterocycles. The summed E-state index contributed by atoms with van der Waals surface area (Å²) < 4.78 is 0. The van der Waals surface area contributed by atoms with Gasteiger partial charge in [-0.05, 0) is 24.2 Å². The van der Waals surface area contributed by atoms with E-state index in [1.54, 1.807) is 0 Å². The SMILES string of the molecule is CCN1CCN(Cc2ccccc2-c2nc3ccccc3c(=O)[nH]2)CC1. The second-order valence-electron chi connectivity index (χ2n) is 6.80. The van der Waals surface area contributed by atoms with Crippen molar-refractivity contribution in [2.24, 2.45) is 0 Å². The zero-order valence-electron chi connectivity index (χ0n) is 15.1. The van der Waals surface area contributed by atoms with Gasteiger partial charge in [0, 0.05) is 38.3 Å². The van der Waals surface area contributed by atoms with Gasteiger partial charge >= 0.3 is 0 Å². The van der Waals surface area contributed by atoms with E-state index in [2.05, 4.69) is 33.8 Å². The fourth-order valence-corrected chi connectivity index (χ4v) is 3.61. The standard InChI is InChI=1S/C21H24N4O/c1-2-24-11-13-25(14-12-24)15-16-7-3-4-8-17(16)20-22-19-10-6-5-9-18(19)21(26)23-20/h3-10H,2,11-15H2,1H3,(H,22,23,26). The average Bonchev–Trinajstić information content (AvgIpc) is 2.69. The zero-order chi connectivity index (χ0) is 17.9. The molecule has 0 bridgehead atoms. The fourth-order valence-electron chi connectivity index (χ4n) is 3.61. The molecule has 0 amide bonds. The predicted octanol–water partition coefficient (Wildman–Crippen LogP) is 2.73. The van der Waals surface area contributed by atoms with Gasteiger partial charge < -0.3 is 9.88 Å². The minimum Gasteiger partial charge on any atom is -0.306 e. The van der Waals surface area contributed by atoms with Crippen LogP contribution in [0.4, 0.5) is 0 Å². The first-order chi connectivity index (χ1) is 12.7. The van der Waals surface area contributed by atoms with Crippen LogP contribution in [0.3, 0.4) is 0 Å². The maximum absolute atomic E-state index is 12.4. The molecular formula is C21H24N4O. The van der Waals surface area contributed by atoms with Crippen molar-refractivity contribution in [3.05, 3.63) is 64.4 Å². The number of aromatic nitrogens is 2.